The Bertz CT molecular complexity index is 548. The molecule has 22 heavy (non-hydrogen) atoms. The fourth-order valence-electron chi connectivity index (χ4n) is 4.09. The van der Waals surface area contributed by atoms with Crippen LogP contribution < -0.4 is 5.32 Å². The van der Waals surface area contributed by atoms with Crippen molar-refractivity contribution < 1.29 is 4.79 Å². The summed E-state index contributed by atoms with van der Waals surface area (Å²) < 4.78 is -0.0303. The van der Waals surface area contributed by atoms with Gasteiger partial charge in [-0.1, -0.05) is 18.2 Å². The molecule has 4 nitrogen and oxygen atoms in total. The van der Waals surface area contributed by atoms with Crippen LogP contribution in [-0.2, 0) is 4.79 Å². The van der Waals surface area contributed by atoms with Crippen molar-refractivity contribution in [3.63, 3.8) is 0 Å². The number of allylic oxidation sites excluding steroid dienone is 3. The predicted octanol–water partition coefficient (Wildman–Crippen LogP) is 1.64. The Labute approximate surface area is 136 Å². The molecule has 0 bridgehead atoms. The number of amides is 1. The van der Waals surface area contributed by atoms with Crippen molar-refractivity contribution in [2.45, 2.75) is 29.3 Å². The lowest BCUT2D eigenvalue weighted by Gasteiger charge is -2.36. The summed E-state index contributed by atoms with van der Waals surface area (Å²) in [5, 5.41) is 3.48. The normalized spacial score (nSPS) is 37.3. The molecule has 0 aromatic rings. The third-order valence-electron chi connectivity index (χ3n) is 5.24. The molecule has 3 aliphatic heterocycles. The molecule has 0 aromatic carbocycles. The smallest absolute Gasteiger partial charge is 0.235 e. The zero-order chi connectivity index (χ0) is 15.0. The minimum absolute atomic E-state index is 0.0303. The largest absolute Gasteiger partial charge is 0.340 e. The van der Waals surface area contributed by atoms with E-state index in [2.05, 4.69) is 34.5 Å². The third-order valence-corrected chi connectivity index (χ3v) is 6.99. The Morgan fingerprint density at radius 1 is 1.36 bits per heavy atom. The Hall–Kier alpha value is -1.07. The average molecular weight is 317 g/mol. The highest BCUT2D eigenvalue weighted by atomic mass is 32.2. The number of aliphatic imine (C=N–C) groups is 1. The molecular weight excluding hydrogens is 294 g/mol. The second-order valence-corrected chi connectivity index (χ2v) is 8.02. The number of hydrogen-bond donors (Lipinski definition) is 1. The summed E-state index contributed by atoms with van der Waals surface area (Å²) in [4.78, 5) is 19.8. The van der Waals surface area contributed by atoms with Crippen LogP contribution in [0.1, 0.15) is 19.3 Å². The first-order valence-electron chi connectivity index (χ1n) is 8.38. The summed E-state index contributed by atoms with van der Waals surface area (Å²) >= 11 is 1.85. The van der Waals surface area contributed by atoms with Crippen LogP contribution in [0.2, 0.25) is 0 Å². The van der Waals surface area contributed by atoms with E-state index >= 15 is 0 Å². The lowest BCUT2D eigenvalue weighted by molar-refractivity contribution is -0.130. The van der Waals surface area contributed by atoms with Gasteiger partial charge in [-0.3, -0.25) is 9.79 Å². The Kier molecular flexibility index (Phi) is 3.86. The molecule has 1 aliphatic carbocycles. The first-order valence-corrected chi connectivity index (χ1v) is 9.26. The van der Waals surface area contributed by atoms with Gasteiger partial charge in [0, 0.05) is 26.2 Å². The fourth-order valence-corrected chi connectivity index (χ4v) is 5.96. The summed E-state index contributed by atoms with van der Waals surface area (Å²) in [5.41, 5.74) is 1.18. The first kappa shape index (κ1) is 14.5. The quantitative estimate of drug-likeness (QED) is 0.800. The maximum atomic E-state index is 13.0. The van der Waals surface area contributed by atoms with Crippen molar-refractivity contribution in [2.24, 2.45) is 10.9 Å². The molecule has 3 unspecified atom stereocenters. The summed E-state index contributed by atoms with van der Waals surface area (Å²) in [7, 11) is 0. The molecule has 5 heteroatoms. The van der Waals surface area contributed by atoms with Crippen molar-refractivity contribution in [3.05, 3.63) is 24.3 Å². The molecule has 1 N–H and O–H groups in total. The molecule has 0 saturated carbocycles. The Morgan fingerprint density at radius 3 is 3.27 bits per heavy atom. The van der Waals surface area contributed by atoms with E-state index < -0.39 is 0 Å². The van der Waals surface area contributed by atoms with E-state index in [1.54, 1.807) is 0 Å². The second-order valence-electron chi connectivity index (χ2n) is 6.53. The van der Waals surface area contributed by atoms with Crippen LogP contribution in [0, 0.1) is 5.92 Å². The molecule has 4 rings (SSSR count). The minimum atomic E-state index is -0.0303. The van der Waals surface area contributed by atoms with Gasteiger partial charge in [0.25, 0.3) is 0 Å². The molecule has 118 valence electrons. The topological polar surface area (TPSA) is 44.7 Å². The highest BCUT2D eigenvalue weighted by Gasteiger charge is 2.53. The average Bonchev–Trinajstić information content (AvgIpc) is 2.72. The number of nitrogens with zero attached hydrogens (tertiary/aromatic N) is 2. The number of carbonyl (C=O) groups excluding carboxylic acids is 1. The maximum absolute atomic E-state index is 13.0. The van der Waals surface area contributed by atoms with Gasteiger partial charge in [0.2, 0.25) is 5.91 Å². The van der Waals surface area contributed by atoms with Gasteiger partial charge in [-0.05, 0) is 37.8 Å². The molecule has 3 atom stereocenters. The van der Waals surface area contributed by atoms with Crippen LogP contribution in [-0.4, -0.2) is 59.2 Å². The molecule has 2 fully saturated rings. The van der Waals surface area contributed by atoms with E-state index in [1.807, 2.05) is 11.8 Å². The van der Waals surface area contributed by atoms with Gasteiger partial charge in [-0.25, -0.2) is 0 Å². The van der Waals surface area contributed by atoms with Crippen molar-refractivity contribution in [1.29, 1.82) is 0 Å². The van der Waals surface area contributed by atoms with E-state index in [-0.39, 0.29) is 10.00 Å². The highest BCUT2D eigenvalue weighted by molar-refractivity contribution is 8.03. The van der Waals surface area contributed by atoms with Gasteiger partial charge in [0.05, 0.1) is 15.7 Å². The predicted molar refractivity (Wildman–Crippen MR) is 91.5 cm³/mol. The zero-order valence-electron chi connectivity index (χ0n) is 12.8. The highest BCUT2D eigenvalue weighted by Crippen LogP contribution is 2.53. The molecule has 0 aromatic heterocycles. The van der Waals surface area contributed by atoms with E-state index in [1.165, 1.54) is 5.71 Å². The monoisotopic (exact) mass is 317 g/mol. The molecular formula is C17H23N3OS. The lowest BCUT2D eigenvalue weighted by Crippen LogP contribution is -2.41. The molecule has 4 aliphatic rings. The summed E-state index contributed by atoms with van der Waals surface area (Å²) in [6.45, 7) is 4.61. The van der Waals surface area contributed by atoms with E-state index in [0.717, 1.165) is 52.0 Å². The minimum Gasteiger partial charge on any atom is -0.340 e. The van der Waals surface area contributed by atoms with Crippen LogP contribution in [0.5, 0.6) is 0 Å². The Balaban J connectivity index is 1.54. The SMILES string of the molecule is O=C(C1CC2CCN=C3C=CC=CC32S1)N1CCCNCC1. The summed E-state index contributed by atoms with van der Waals surface area (Å²) in [6, 6.07) is 0. The van der Waals surface area contributed by atoms with E-state index in [9.17, 15) is 4.79 Å². The second kappa shape index (κ2) is 5.85. The summed E-state index contributed by atoms with van der Waals surface area (Å²) in [6.07, 6.45) is 11.8. The van der Waals surface area contributed by atoms with Crippen molar-refractivity contribution in [2.75, 3.05) is 32.7 Å². The van der Waals surface area contributed by atoms with Gasteiger partial charge in [0.15, 0.2) is 0 Å². The van der Waals surface area contributed by atoms with Crippen LogP contribution in [0.4, 0.5) is 0 Å². The van der Waals surface area contributed by atoms with Crippen LogP contribution >= 0.6 is 11.8 Å². The molecule has 1 spiro atoms. The van der Waals surface area contributed by atoms with E-state index in [4.69, 9.17) is 4.99 Å². The molecule has 2 saturated heterocycles. The number of hydrogen-bond acceptors (Lipinski definition) is 4. The number of thioether (sulfide) groups is 1. The molecule has 0 radical (unpaired) electrons. The lowest BCUT2D eigenvalue weighted by atomic mass is 9.78. The van der Waals surface area contributed by atoms with Gasteiger partial charge in [-0.15, -0.1) is 11.8 Å². The van der Waals surface area contributed by atoms with Crippen molar-refractivity contribution in [1.82, 2.24) is 10.2 Å². The first-order chi connectivity index (χ1) is 10.8. The molecule has 3 heterocycles. The number of nitrogens with one attached hydrogen (secondary N) is 1. The number of rotatable bonds is 1. The van der Waals surface area contributed by atoms with Crippen LogP contribution in [0.3, 0.4) is 0 Å². The van der Waals surface area contributed by atoms with Gasteiger partial charge in [-0.2, -0.15) is 0 Å². The van der Waals surface area contributed by atoms with Gasteiger partial charge < -0.3 is 10.2 Å². The maximum Gasteiger partial charge on any atom is 0.235 e. The third kappa shape index (κ3) is 2.35. The fraction of sp³-hybridized carbons (Fsp3) is 0.647. The van der Waals surface area contributed by atoms with E-state index in [0.29, 0.717) is 11.8 Å². The van der Waals surface area contributed by atoms with Gasteiger partial charge in [0.1, 0.15) is 0 Å². The van der Waals surface area contributed by atoms with Crippen LogP contribution in [0.25, 0.3) is 0 Å². The summed E-state index contributed by atoms with van der Waals surface area (Å²) in [5.74, 6) is 0.907. The van der Waals surface area contributed by atoms with Crippen molar-refractivity contribution in [3.8, 4) is 0 Å². The standard InChI is InChI=1S/C17H23N3OS/c21-16(20-10-3-7-18-9-11-20)14-12-13-5-8-19-15-4-1-2-6-17(13,15)22-14/h1-2,4,6,13-14,18H,3,5,7-12H2. The Morgan fingerprint density at radius 2 is 2.32 bits per heavy atom. The zero-order valence-corrected chi connectivity index (χ0v) is 13.6. The van der Waals surface area contributed by atoms with Crippen molar-refractivity contribution >= 4 is 23.4 Å². The van der Waals surface area contributed by atoms with Gasteiger partial charge >= 0.3 is 0 Å². The molecule has 1 amide bonds. The number of carbonyl (C=O) groups is 1. The van der Waals surface area contributed by atoms with Crippen LogP contribution in [0.15, 0.2) is 29.3 Å².